The zero-order valence-electron chi connectivity index (χ0n) is 10.7. The van der Waals surface area contributed by atoms with Crippen molar-refractivity contribution in [2.24, 2.45) is 0 Å². The van der Waals surface area contributed by atoms with Crippen LogP contribution in [-0.2, 0) is 5.75 Å². The Kier molecular flexibility index (Phi) is 3.38. The molecule has 0 radical (unpaired) electrons. The molecule has 3 aromatic rings. The molecule has 0 atom stereocenters. The minimum Gasteiger partial charge on any atom is -0.360 e. The highest BCUT2D eigenvalue weighted by Crippen LogP contribution is 2.23. The van der Waals surface area contributed by atoms with Gasteiger partial charge in [0.05, 0.1) is 11.4 Å². The standard InChI is InChI=1S/C12H12N6OS/c1-8-6-9(19-17-8)7-20-12-16-15-11(18(12)13)10-4-2-3-5-14-10/h2-6H,7,13H2,1H3. The highest BCUT2D eigenvalue weighted by Gasteiger charge is 2.13. The van der Waals surface area contributed by atoms with Crippen LogP contribution in [0.1, 0.15) is 11.5 Å². The molecular weight excluding hydrogens is 276 g/mol. The number of nitrogens with two attached hydrogens (primary N) is 1. The molecule has 2 N–H and O–H groups in total. The molecule has 0 aliphatic carbocycles. The number of hydrogen-bond acceptors (Lipinski definition) is 7. The molecule has 20 heavy (non-hydrogen) atoms. The predicted molar refractivity (Wildman–Crippen MR) is 74.2 cm³/mol. The minimum absolute atomic E-state index is 0.529. The molecular formula is C12H12N6OS. The molecule has 0 aliphatic heterocycles. The van der Waals surface area contributed by atoms with Crippen LogP contribution in [0.4, 0.5) is 0 Å². The van der Waals surface area contributed by atoms with E-state index in [1.807, 2.05) is 31.2 Å². The number of nitrogens with zero attached hydrogens (tertiary/aromatic N) is 5. The zero-order valence-corrected chi connectivity index (χ0v) is 11.5. The highest BCUT2D eigenvalue weighted by molar-refractivity contribution is 7.98. The smallest absolute Gasteiger partial charge is 0.210 e. The third-order valence-corrected chi connectivity index (χ3v) is 3.54. The maximum Gasteiger partial charge on any atom is 0.210 e. The van der Waals surface area contributed by atoms with Crippen molar-refractivity contribution in [1.82, 2.24) is 25.0 Å². The van der Waals surface area contributed by atoms with Crippen molar-refractivity contribution in [2.75, 3.05) is 5.84 Å². The lowest BCUT2D eigenvalue weighted by atomic mass is 10.3. The Morgan fingerprint density at radius 1 is 1.35 bits per heavy atom. The summed E-state index contributed by atoms with van der Waals surface area (Å²) in [5.74, 6) is 7.89. The van der Waals surface area contributed by atoms with Crippen molar-refractivity contribution >= 4 is 11.8 Å². The molecule has 0 fully saturated rings. The second-order valence-corrected chi connectivity index (χ2v) is 5.06. The molecule has 3 aromatic heterocycles. The largest absolute Gasteiger partial charge is 0.360 e. The first-order valence-corrected chi connectivity index (χ1v) is 6.89. The van der Waals surface area contributed by atoms with Crippen molar-refractivity contribution in [3.8, 4) is 11.5 Å². The van der Waals surface area contributed by atoms with Gasteiger partial charge in [-0.2, -0.15) is 0 Å². The van der Waals surface area contributed by atoms with E-state index >= 15 is 0 Å². The minimum atomic E-state index is 0.529. The molecule has 102 valence electrons. The van der Waals surface area contributed by atoms with E-state index in [0.29, 0.717) is 22.4 Å². The van der Waals surface area contributed by atoms with Crippen LogP contribution in [-0.4, -0.2) is 25.0 Å². The predicted octanol–water partition coefficient (Wildman–Crippen LogP) is 1.64. The molecule has 8 heteroatoms. The molecule has 0 amide bonds. The molecule has 0 spiro atoms. The maximum absolute atomic E-state index is 5.99. The molecule has 0 aliphatic rings. The lowest BCUT2D eigenvalue weighted by molar-refractivity contribution is 0.391. The van der Waals surface area contributed by atoms with E-state index in [4.69, 9.17) is 10.4 Å². The summed E-state index contributed by atoms with van der Waals surface area (Å²) in [7, 11) is 0. The average Bonchev–Trinajstić information content (AvgIpc) is 3.04. The third-order valence-electron chi connectivity index (χ3n) is 2.58. The van der Waals surface area contributed by atoms with E-state index in [1.165, 1.54) is 16.4 Å². The van der Waals surface area contributed by atoms with Crippen molar-refractivity contribution in [2.45, 2.75) is 17.8 Å². The van der Waals surface area contributed by atoms with Crippen molar-refractivity contribution in [3.05, 3.63) is 41.9 Å². The van der Waals surface area contributed by atoms with Crippen LogP contribution in [0.15, 0.2) is 40.1 Å². The van der Waals surface area contributed by atoms with Gasteiger partial charge in [-0.1, -0.05) is 23.0 Å². The number of pyridine rings is 1. The number of aromatic nitrogens is 5. The van der Waals surface area contributed by atoms with Crippen LogP contribution in [0.5, 0.6) is 0 Å². The zero-order chi connectivity index (χ0) is 13.9. The highest BCUT2D eigenvalue weighted by atomic mass is 32.2. The Morgan fingerprint density at radius 2 is 2.25 bits per heavy atom. The van der Waals surface area contributed by atoms with Gasteiger partial charge >= 0.3 is 0 Å². The van der Waals surface area contributed by atoms with Gasteiger partial charge in [0.1, 0.15) is 11.5 Å². The SMILES string of the molecule is Cc1cc(CSc2nnc(-c3ccccn3)n2N)on1. The van der Waals surface area contributed by atoms with Gasteiger partial charge in [0.15, 0.2) is 0 Å². The Balaban J connectivity index is 1.77. The topological polar surface area (TPSA) is 95.7 Å². The normalized spacial score (nSPS) is 10.8. The van der Waals surface area contributed by atoms with Crippen LogP contribution in [0.25, 0.3) is 11.5 Å². The maximum atomic E-state index is 5.99. The first-order valence-electron chi connectivity index (χ1n) is 5.91. The summed E-state index contributed by atoms with van der Waals surface area (Å²) in [6.07, 6.45) is 1.69. The molecule has 3 heterocycles. The van der Waals surface area contributed by atoms with E-state index in [-0.39, 0.29) is 0 Å². The number of aryl methyl sites for hydroxylation is 1. The summed E-state index contributed by atoms with van der Waals surface area (Å²) in [4.78, 5) is 4.20. The van der Waals surface area contributed by atoms with Gasteiger partial charge in [-0.15, -0.1) is 10.2 Å². The molecule has 3 rings (SSSR count). The number of thioether (sulfide) groups is 1. The van der Waals surface area contributed by atoms with E-state index in [0.717, 1.165) is 11.5 Å². The monoisotopic (exact) mass is 288 g/mol. The van der Waals surface area contributed by atoms with Crippen molar-refractivity contribution < 1.29 is 4.52 Å². The van der Waals surface area contributed by atoms with Gasteiger partial charge in [0.25, 0.3) is 0 Å². The molecule has 0 saturated heterocycles. The quantitative estimate of drug-likeness (QED) is 0.576. The fourth-order valence-electron chi connectivity index (χ4n) is 1.67. The van der Waals surface area contributed by atoms with Crippen LogP contribution in [0, 0.1) is 6.92 Å². The van der Waals surface area contributed by atoms with Crippen LogP contribution < -0.4 is 5.84 Å². The van der Waals surface area contributed by atoms with Gasteiger partial charge in [-0.05, 0) is 19.1 Å². The van der Waals surface area contributed by atoms with Gasteiger partial charge < -0.3 is 10.4 Å². The van der Waals surface area contributed by atoms with Crippen LogP contribution in [0.3, 0.4) is 0 Å². The Bertz CT molecular complexity index is 708. The summed E-state index contributed by atoms with van der Waals surface area (Å²) in [6.45, 7) is 1.88. The average molecular weight is 288 g/mol. The second-order valence-electron chi connectivity index (χ2n) is 4.11. The Hall–Kier alpha value is -2.35. The van der Waals surface area contributed by atoms with E-state index < -0.39 is 0 Å². The molecule has 0 aromatic carbocycles. The summed E-state index contributed by atoms with van der Waals surface area (Å²) < 4.78 is 6.56. The summed E-state index contributed by atoms with van der Waals surface area (Å²) in [5, 5.41) is 12.6. The second kappa shape index (κ2) is 5.33. The fourth-order valence-corrected chi connectivity index (χ4v) is 2.40. The van der Waals surface area contributed by atoms with Crippen molar-refractivity contribution in [1.29, 1.82) is 0 Å². The van der Waals surface area contributed by atoms with Gasteiger partial charge in [0.2, 0.25) is 11.0 Å². The lowest BCUT2D eigenvalue weighted by Crippen LogP contribution is -2.11. The fraction of sp³-hybridized carbons (Fsp3) is 0.167. The lowest BCUT2D eigenvalue weighted by Gasteiger charge is -2.01. The van der Waals surface area contributed by atoms with Gasteiger partial charge in [-0.25, -0.2) is 4.68 Å². The number of rotatable bonds is 4. The summed E-state index contributed by atoms with van der Waals surface area (Å²) >= 11 is 1.43. The Morgan fingerprint density at radius 3 is 2.95 bits per heavy atom. The molecule has 0 unspecified atom stereocenters. The Labute approximate surface area is 119 Å². The molecule has 0 bridgehead atoms. The van der Waals surface area contributed by atoms with Crippen molar-refractivity contribution in [3.63, 3.8) is 0 Å². The number of hydrogen-bond donors (Lipinski definition) is 1. The van der Waals surface area contributed by atoms with E-state index in [2.05, 4.69) is 20.3 Å². The molecule has 7 nitrogen and oxygen atoms in total. The van der Waals surface area contributed by atoms with E-state index in [9.17, 15) is 0 Å². The van der Waals surface area contributed by atoms with Crippen LogP contribution in [0.2, 0.25) is 0 Å². The summed E-state index contributed by atoms with van der Waals surface area (Å²) in [5.41, 5.74) is 1.54. The van der Waals surface area contributed by atoms with Gasteiger partial charge in [0, 0.05) is 12.3 Å². The van der Waals surface area contributed by atoms with E-state index in [1.54, 1.807) is 6.20 Å². The number of nitrogen functional groups attached to an aromatic ring is 1. The third kappa shape index (κ3) is 2.50. The van der Waals surface area contributed by atoms with Gasteiger partial charge in [-0.3, -0.25) is 4.98 Å². The summed E-state index contributed by atoms with van der Waals surface area (Å²) in [6, 6.07) is 7.43. The molecule has 0 saturated carbocycles. The first kappa shape index (κ1) is 12.7. The van der Waals surface area contributed by atoms with Crippen LogP contribution >= 0.6 is 11.8 Å². The first-order chi connectivity index (χ1) is 9.74.